The summed E-state index contributed by atoms with van der Waals surface area (Å²) in [5.74, 6) is -2.96. The Kier molecular flexibility index (Phi) is 6.16. The summed E-state index contributed by atoms with van der Waals surface area (Å²) in [4.78, 5) is 26.5. The van der Waals surface area contributed by atoms with Crippen LogP contribution in [0.25, 0.3) is 5.69 Å². The summed E-state index contributed by atoms with van der Waals surface area (Å²) in [6, 6.07) is 7.81. The molecule has 3 rings (SSSR count). The minimum Gasteiger partial charge on any atom is -0.333 e. The number of amides is 1. The minimum atomic E-state index is -4.58. The Balaban J connectivity index is 2.00. The molecule has 1 unspecified atom stereocenters. The van der Waals surface area contributed by atoms with E-state index >= 15 is 0 Å². The van der Waals surface area contributed by atoms with E-state index in [1.165, 1.54) is 32.2 Å². The highest BCUT2D eigenvalue weighted by Gasteiger charge is 2.31. The standard InChI is InChI=1S/C22H18F5N3O2/c1-12-9-19(31)20(28-30(12)16-6-4-5-15(11-16)22(25,26)27)21(32)29(3)13(2)14-7-8-17(23)18(24)10-14/h4-11,13H,1-3H3. The SMILES string of the molecule is Cc1cc(=O)c(C(=O)N(C)C(C)c2ccc(F)c(F)c2)nn1-c1cccc(C(F)(F)F)c1. The largest absolute Gasteiger partial charge is 0.416 e. The van der Waals surface area contributed by atoms with E-state index in [0.29, 0.717) is 0 Å². The molecule has 168 valence electrons. The third-order valence-electron chi connectivity index (χ3n) is 5.06. The van der Waals surface area contributed by atoms with Crippen molar-refractivity contribution in [1.82, 2.24) is 14.7 Å². The van der Waals surface area contributed by atoms with Crippen LogP contribution in [0.4, 0.5) is 22.0 Å². The Morgan fingerprint density at radius 2 is 1.75 bits per heavy atom. The molecule has 1 atom stereocenters. The number of hydrogen-bond acceptors (Lipinski definition) is 3. The van der Waals surface area contributed by atoms with Gasteiger partial charge in [0.1, 0.15) is 0 Å². The summed E-state index contributed by atoms with van der Waals surface area (Å²) < 4.78 is 67.1. The molecular weight excluding hydrogens is 433 g/mol. The van der Waals surface area contributed by atoms with Crippen LogP contribution in [-0.4, -0.2) is 27.6 Å². The lowest BCUT2D eigenvalue weighted by Gasteiger charge is -2.25. The lowest BCUT2D eigenvalue weighted by Crippen LogP contribution is -2.35. The van der Waals surface area contributed by atoms with Crippen molar-refractivity contribution in [1.29, 1.82) is 0 Å². The number of nitrogens with zero attached hydrogens (tertiary/aromatic N) is 3. The van der Waals surface area contributed by atoms with Gasteiger partial charge < -0.3 is 4.90 Å². The van der Waals surface area contributed by atoms with Gasteiger partial charge in [0.25, 0.3) is 5.91 Å². The summed E-state index contributed by atoms with van der Waals surface area (Å²) in [6.45, 7) is 3.01. The first-order chi connectivity index (χ1) is 14.9. The van der Waals surface area contributed by atoms with Gasteiger partial charge in [-0.3, -0.25) is 9.59 Å². The molecule has 0 aliphatic carbocycles. The molecule has 0 spiro atoms. The normalized spacial score (nSPS) is 12.5. The number of aryl methyl sites for hydroxylation is 1. The number of benzene rings is 2. The van der Waals surface area contributed by atoms with Crippen molar-refractivity contribution in [3.63, 3.8) is 0 Å². The molecule has 1 aromatic heterocycles. The summed E-state index contributed by atoms with van der Waals surface area (Å²) in [6.07, 6.45) is -4.58. The van der Waals surface area contributed by atoms with Crippen LogP contribution in [0.3, 0.4) is 0 Å². The lowest BCUT2D eigenvalue weighted by atomic mass is 10.1. The van der Waals surface area contributed by atoms with E-state index < -0.39 is 46.4 Å². The number of hydrogen-bond donors (Lipinski definition) is 0. The fourth-order valence-electron chi connectivity index (χ4n) is 3.11. The monoisotopic (exact) mass is 451 g/mol. The van der Waals surface area contributed by atoms with Gasteiger partial charge >= 0.3 is 6.18 Å². The maximum atomic E-state index is 13.6. The Morgan fingerprint density at radius 1 is 1.06 bits per heavy atom. The zero-order chi connectivity index (χ0) is 23.8. The second-order valence-electron chi connectivity index (χ2n) is 7.22. The van der Waals surface area contributed by atoms with E-state index in [9.17, 15) is 31.5 Å². The number of carbonyl (C=O) groups excluding carboxylic acids is 1. The highest BCUT2D eigenvalue weighted by Crippen LogP contribution is 2.30. The Bertz CT molecular complexity index is 1240. The van der Waals surface area contributed by atoms with Crippen LogP contribution in [0.1, 0.15) is 40.3 Å². The van der Waals surface area contributed by atoms with Crippen LogP contribution in [0.15, 0.2) is 53.3 Å². The predicted octanol–water partition coefficient (Wildman–Crippen LogP) is 4.67. The quantitative estimate of drug-likeness (QED) is 0.542. The molecule has 0 saturated heterocycles. The second kappa shape index (κ2) is 8.52. The molecule has 0 aliphatic heterocycles. The van der Waals surface area contributed by atoms with Crippen molar-refractivity contribution >= 4 is 5.91 Å². The smallest absolute Gasteiger partial charge is 0.333 e. The Labute approximate surface area is 179 Å². The van der Waals surface area contributed by atoms with E-state index in [0.717, 1.165) is 39.9 Å². The summed E-state index contributed by atoms with van der Waals surface area (Å²) in [5.41, 5.74) is -1.63. The molecule has 0 N–H and O–H groups in total. The summed E-state index contributed by atoms with van der Waals surface area (Å²) in [5, 5.41) is 4.01. The molecule has 0 aliphatic rings. The van der Waals surface area contributed by atoms with Crippen molar-refractivity contribution in [2.75, 3.05) is 7.05 Å². The van der Waals surface area contributed by atoms with E-state index in [-0.39, 0.29) is 16.9 Å². The minimum absolute atomic E-state index is 0.0164. The van der Waals surface area contributed by atoms with Gasteiger partial charge in [0.15, 0.2) is 17.3 Å². The number of aromatic nitrogens is 2. The molecule has 1 heterocycles. The topological polar surface area (TPSA) is 55.2 Å². The highest BCUT2D eigenvalue weighted by molar-refractivity contribution is 5.92. The van der Waals surface area contributed by atoms with Crippen molar-refractivity contribution in [2.24, 2.45) is 0 Å². The summed E-state index contributed by atoms with van der Waals surface area (Å²) >= 11 is 0. The first-order valence-corrected chi connectivity index (χ1v) is 9.41. The first kappa shape index (κ1) is 23.1. The molecule has 10 heteroatoms. The van der Waals surface area contributed by atoms with Crippen molar-refractivity contribution in [3.8, 4) is 5.69 Å². The van der Waals surface area contributed by atoms with E-state index in [1.54, 1.807) is 6.92 Å². The van der Waals surface area contributed by atoms with Crippen LogP contribution in [-0.2, 0) is 6.18 Å². The molecule has 32 heavy (non-hydrogen) atoms. The maximum Gasteiger partial charge on any atom is 0.416 e. The molecule has 0 radical (unpaired) electrons. The molecular formula is C22H18F5N3O2. The Hall–Kier alpha value is -3.56. The number of carbonyl (C=O) groups is 1. The van der Waals surface area contributed by atoms with Crippen LogP contribution in [0.5, 0.6) is 0 Å². The van der Waals surface area contributed by atoms with Gasteiger partial charge in [-0.25, -0.2) is 13.5 Å². The van der Waals surface area contributed by atoms with E-state index in [4.69, 9.17) is 0 Å². The highest BCUT2D eigenvalue weighted by atomic mass is 19.4. The van der Waals surface area contributed by atoms with Gasteiger partial charge in [0, 0.05) is 18.8 Å². The lowest BCUT2D eigenvalue weighted by molar-refractivity contribution is -0.137. The van der Waals surface area contributed by atoms with Crippen molar-refractivity contribution in [3.05, 3.63) is 92.9 Å². The predicted molar refractivity (Wildman–Crippen MR) is 106 cm³/mol. The zero-order valence-corrected chi connectivity index (χ0v) is 17.2. The second-order valence-corrected chi connectivity index (χ2v) is 7.22. The van der Waals surface area contributed by atoms with Gasteiger partial charge in [-0.15, -0.1) is 0 Å². The molecule has 0 saturated carbocycles. The molecule has 5 nitrogen and oxygen atoms in total. The van der Waals surface area contributed by atoms with Gasteiger partial charge in [-0.05, 0) is 49.7 Å². The number of alkyl halides is 3. The first-order valence-electron chi connectivity index (χ1n) is 9.41. The van der Waals surface area contributed by atoms with Crippen LogP contribution in [0, 0.1) is 18.6 Å². The van der Waals surface area contributed by atoms with E-state index in [1.807, 2.05) is 0 Å². The fourth-order valence-corrected chi connectivity index (χ4v) is 3.11. The van der Waals surface area contributed by atoms with Crippen LogP contribution >= 0.6 is 0 Å². The van der Waals surface area contributed by atoms with Crippen LogP contribution < -0.4 is 5.43 Å². The molecule has 1 amide bonds. The van der Waals surface area contributed by atoms with Crippen molar-refractivity contribution < 1.29 is 26.7 Å². The van der Waals surface area contributed by atoms with Gasteiger partial charge in [-0.2, -0.15) is 18.3 Å². The van der Waals surface area contributed by atoms with E-state index in [2.05, 4.69) is 5.10 Å². The van der Waals surface area contributed by atoms with Crippen LogP contribution in [0.2, 0.25) is 0 Å². The van der Waals surface area contributed by atoms with Crippen molar-refractivity contribution in [2.45, 2.75) is 26.1 Å². The average molecular weight is 451 g/mol. The number of halogens is 5. The number of rotatable bonds is 4. The summed E-state index contributed by atoms with van der Waals surface area (Å²) in [7, 11) is 1.35. The molecule has 0 fully saturated rings. The van der Waals surface area contributed by atoms with Gasteiger partial charge in [0.05, 0.1) is 17.3 Å². The third-order valence-corrected chi connectivity index (χ3v) is 5.06. The maximum absolute atomic E-state index is 13.6. The van der Waals surface area contributed by atoms with Gasteiger partial charge in [0.2, 0.25) is 5.43 Å². The molecule has 3 aromatic rings. The fraction of sp³-hybridized carbons (Fsp3) is 0.227. The Morgan fingerprint density at radius 3 is 2.38 bits per heavy atom. The molecule has 2 aromatic carbocycles. The van der Waals surface area contributed by atoms with Gasteiger partial charge in [-0.1, -0.05) is 12.1 Å². The molecule has 0 bridgehead atoms. The third kappa shape index (κ3) is 4.53. The zero-order valence-electron chi connectivity index (χ0n) is 17.2. The average Bonchev–Trinajstić information content (AvgIpc) is 2.73.